The lowest BCUT2D eigenvalue weighted by Crippen LogP contribution is -2.62. The molecule has 3 fully saturated rings. The van der Waals surface area contributed by atoms with E-state index in [1.165, 1.54) is 13.1 Å². The molecule has 2 amide bonds. The fraction of sp³-hybridized carbons (Fsp3) is 0.450. The molecule has 0 saturated carbocycles. The topological polar surface area (TPSA) is 96.7 Å². The van der Waals surface area contributed by atoms with Gasteiger partial charge in [0.2, 0.25) is 11.8 Å². The minimum Gasteiger partial charge on any atom is -0.411 e. The third-order valence-corrected chi connectivity index (χ3v) is 5.58. The number of aromatic nitrogens is 1. The van der Waals surface area contributed by atoms with E-state index in [1.807, 2.05) is 0 Å². The van der Waals surface area contributed by atoms with E-state index in [9.17, 15) is 9.59 Å². The van der Waals surface area contributed by atoms with Crippen molar-refractivity contribution in [2.24, 2.45) is 5.92 Å². The molecule has 8 nitrogen and oxygen atoms in total. The molecule has 1 aromatic heterocycles. The van der Waals surface area contributed by atoms with Crippen LogP contribution in [0.1, 0.15) is 37.0 Å². The summed E-state index contributed by atoms with van der Waals surface area (Å²) in [5.74, 6) is 0.945. The van der Waals surface area contributed by atoms with E-state index in [0.29, 0.717) is 23.3 Å². The van der Waals surface area contributed by atoms with Gasteiger partial charge in [-0.1, -0.05) is 0 Å². The molecule has 0 radical (unpaired) electrons. The third kappa shape index (κ3) is 3.87. The Morgan fingerprint density at radius 2 is 1.93 bits per heavy atom. The Kier molecular flexibility index (Phi) is 5.04. The van der Waals surface area contributed by atoms with Crippen molar-refractivity contribution in [1.82, 2.24) is 15.2 Å². The number of ether oxygens (including phenoxy) is 1. The van der Waals surface area contributed by atoms with Gasteiger partial charge in [0.15, 0.2) is 0 Å². The molecule has 2 bridgehead atoms. The van der Waals surface area contributed by atoms with Crippen LogP contribution in [0.3, 0.4) is 0 Å². The van der Waals surface area contributed by atoms with Gasteiger partial charge in [-0.2, -0.15) is 4.98 Å². The van der Waals surface area contributed by atoms with Crippen LogP contribution in [-0.4, -0.2) is 46.9 Å². The van der Waals surface area contributed by atoms with Crippen LogP contribution in [0.15, 0.2) is 34.9 Å². The minimum atomic E-state index is -0.254. The Bertz CT molecular complexity index is 853. The van der Waals surface area contributed by atoms with Crippen molar-refractivity contribution in [3.63, 3.8) is 0 Å². The fourth-order valence-electron chi connectivity index (χ4n) is 4.09. The molecule has 1 aromatic carbocycles. The normalized spacial score (nSPS) is 25.9. The number of fused-ring (bicyclic) bond motifs is 3. The molecule has 3 aliphatic rings. The van der Waals surface area contributed by atoms with E-state index in [2.05, 4.69) is 27.4 Å². The molecule has 148 valence electrons. The van der Waals surface area contributed by atoms with E-state index < -0.39 is 0 Å². The highest BCUT2D eigenvalue weighted by Crippen LogP contribution is 2.32. The molecular weight excluding hydrogens is 360 g/mol. The van der Waals surface area contributed by atoms with E-state index in [-0.39, 0.29) is 29.8 Å². The first-order chi connectivity index (χ1) is 13.5. The van der Waals surface area contributed by atoms with Gasteiger partial charge < -0.3 is 14.5 Å². The number of oxazole rings is 1. The van der Waals surface area contributed by atoms with Crippen LogP contribution in [0.2, 0.25) is 0 Å². The molecule has 28 heavy (non-hydrogen) atoms. The number of nitrogens with zero attached hydrogens (tertiary/aromatic N) is 2. The summed E-state index contributed by atoms with van der Waals surface area (Å²) in [6.45, 7) is 5.84. The summed E-state index contributed by atoms with van der Waals surface area (Å²) < 4.78 is 10.8. The van der Waals surface area contributed by atoms with Gasteiger partial charge in [-0.15, -0.1) is 0 Å². The molecular formula is C20H24N4O4. The number of rotatable bonds is 5. The summed E-state index contributed by atoms with van der Waals surface area (Å²) in [6, 6.07) is 7.39. The molecule has 2 aromatic rings. The molecule has 0 unspecified atom stereocenters. The highest BCUT2D eigenvalue weighted by atomic mass is 16.6. The average Bonchev–Trinajstić information content (AvgIpc) is 3.11. The molecule has 0 aliphatic carbocycles. The Morgan fingerprint density at radius 1 is 1.21 bits per heavy atom. The Labute approximate surface area is 163 Å². The van der Waals surface area contributed by atoms with Crippen LogP contribution >= 0.6 is 0 Å². The molecule has 5 rings (SSSR count). The lowest BCUT2D eigenvalue weighted by Gasteiger charge is -2.49. The van der Waals surface area contributed by atoms with Gasteiger partial charge in [-0.25, -0.2) is 0 Å². The number of carbonyl (C=O) groups excluding carboxylic acids is 2. The molecule has 4 heterocycles. The Morgan fingerprint density at radius 3 is 2.57 bits per heavy atom. The number of piperidine rings is 3. The lowest BCUT2D eigenvalue weighted by atomic mass is 9.79. The molecule has 3 aliphatic heterocycles. The van der Waals surface area contributed by atoms with Crippen molar-refractivity contribution < 1.29 is 18.7 Å². The second-order valence-electron chi connectivity index (χ2n) is 7.41. The summed E-state index contributed by atoms with van der Waals surface area (Å²) >= 11 is 0. The zero-order valence-corrected chi connectivity index (χ0v) is 16.0. The van der Waals surface area contributed by atoms with Gasteiger partial charge in [0.25, 0.3) is 5.91 Å². The molecule has 8 heteroatoms. The van der Waals surface area contributed by atoms with Crippen LogP contribution < -0.4 is 15.4 Å². The number of hydrogen-bond acceptors (Lipinski definition) is 6. The first-order valence-electron chi connectivity index (χ1n) is 9.56. The van der Waals surface area contributed by atoms with Gasteiger partial charge in [0, 0.05) is 24.6 Å². The number of nitrogens with one attached hydrogen (secondary N) is 2. The van der Waals surface area contributed by atoms with Gasteiger partial charge >= 0.3 is 6.08 Å². The summed E-state index contributed by atoms with van der Waals surface area (Å²) in [5, 5.41) is 5.70. The predicted molar refractivity (Wildman–Crippen MR) is 102 cm³/mol. The average molecular weight is 384 g/mol. The number of carbonyl (C=O) groups is 2. The third-order valence-electron chi connectivity index (χ3n) is 5.58. The summed E-state index contributed by atoms with van der Waals surface area (Å²) in [5.41, 5.74) is 0.585. The number of amides is 2. The van der Waals surface area contributed by atoms with Crippen molar-refractivity contribution >= 4 is 17.7 Å². The SMILES string of the molecule is CC(=O)Nc1cnc(Oc2ccc(C(=O)N[C@@H]3C4CCN(CC4)[C@@H]3C)cc2)o1. The maximum Gasteiger partial charge on any atom is 0.401 e. The number of benzene rings is 1. The summed E-state index contributed by atoms with van der Waals surface area (Å²) in [6.07, 6.45) is 3.69. The smallest absolute Gasteiger partial charge is 0.401 e. The van der Waals surface area contributed by atoms with Gasteiger partial charge in [-0.3, -0.25) is 19.8 Å². The van der Waals surface area contributed by atoms with Gasteiger partial charge in [0.05, 0.1) is 6.20 Å². The van der Waals surface area contributed by atoms with Crippen molar-refractivity contribution in [1.29, 1.82) is 0 Å². The highest BCUT2D eigenvalue weighted by molar-refractivity contribution is 5.94. The standard InChI is InChI=1S/C20H24N4O4/c1-12-18(14-7-9-24(12)10-8-14)23-19(26)15-3-5-16(6-4-15)27-20-21-11-17(28-20)22-13(2)25/h3-6,11-12,14,18H,7-10H2,1-2H3,(H,22,25)(H,23,26)/t12-,18+/m1/s1. The quantitative estimate of drug-likeness (QED) is 0.823. The summed E-state index contributed by atoms with van der Waals surface area (Å²) in [7, 11) is 0. The maximum atomic E-state index is 12.7. The van der Waals surface area contributed by atoms with E-state index >= 15 is 0 Å². The lowest BCUT2D eigenvalue weighted by molar-refractivity contribution is -0.114. The first kappa shape index (κ1) is 18.5. The highest BCUT2D eigenvalue weighted by Gasteiger charge is 2.40. The zero-order valence-electron chi connectivity index (χ0n) is 16.0. The molecule has 2 N–H and O–H groups in total. The van der Waals surface area contributed by atoms with Crippen LogP contribution in [0.5, 0.6) is 11.8 Å². The Hall–Kier alpha value is -2.87. The summed E-state index contributed by atoms with van der Waals surface area (Å²) in [4.78, 5) is 30.1. The predicted octanol–water partition coefficient (Wildman–Crippen LogP) is 2.64. The molecule has 2 atom stereocenters. The van der Waals surface area contributed by atoms with E-state index in [4.69, 9.17) is 9.15 Å². The minimum absolute atomic E-state index is 0.0158. The number of hydrogen-bond donors (Lipinski definition) is 2. The van der Waals surface area contributed by atoms with Crippen molar-refractivity contribution in [3.05, 3.63) is 36.0 Å². The van der Waals surface area contributed by atoms with Crippen LogP contribution in [0, 0.1) is 5.92 Å². The monoisotopic (exact) mass is 384 g/mol. The van der Waals surface area contributed by atoms with Gasteiger partial charge in [-0.05, 0) is 63.0 Å². The van der Waals surface area contributed by atoms with Gasteiger partial charge in [0.1, 0.15) is 5.75 Å². The van der Waals surface area contributed by atoms with Crippen molar-refractivity contribution in [2.75, 3.05) is 18.4 Å². The van der Waals surface area contributed by atoms with Crippen LogP contribution in [0.4, 0.5) is 5.88 Å². The maximum absolute atomic E-state index is 12.7. The van der Waals surface area contributed by atoms with Crippen molar-refractivity contribution in [2.45, 2.75) is 38.8 Å². The largest absolute Gasteiger partial charge is 0.411 e. The fourth-order valence-corrected chi connectivity index (χ4v) is 4.09. The zero-order chi connectivity index (χ0) is 19.7. The van der Waals surface area contributed by atoms with E-state index in [1.54, 1.807) is 24.3 Å². The van der Waals surface area contributed by atoms with E-state index in [0.717, 1.165) is 25.9 Å². The molecule has 3 saturated heterocycles. The van der Waals surface area contributed by atoms with Crippen molar-refractivity contribution in [3.8, 4) is 11.8 Å². The van der Waals surface area contributed by atoms with Crippen LogP contribution in [-0.2, 0) is 4.79 Å². The second-order valence-corrected chi connectivity index (χ2v) is 7.41. The molecule has 0 spiro atoms. The second kappa shape index (κ2) is 7.63. The number of anilines is 1. The Balaban J connectivity index is 1.37. The first-order valence-corrected chi connectivity index (χ1v) is 9.56. The van der Waals surface area contributed by atoms with Crippen LogP contribution in [0.25, 0.3) is 0 Å².